The van der Waals surface area contributed by atoms with Crippen LogP contribution in [0.15, 0.2) is 6.20 Å². The third-order valence-corrected chi connectivity index (χ3v) is 4.14. The molecule has 0 bridgehead atoms. The van der Waals surface area contributed by atoms with E-state index < -0.39 is 5.60 Å². The van der Waals surface area contributed by atoms with Crippen LogP contribution >= 0.6 is 11.5 Å². The number of carbonyl (C=O) groups excluding carboxylic acids is 1. The summed E-state index contributed by atoms with van der Waals surface area (Å²) in [4.78, 5) is 14.0. The van der Waals surface area contributed by atoms with Gasteiger partial charge in [0.15, 0.2) is 0 Å². The Hall–Kier alpha value is -1.37. The van der Waals surface area contributed by atoms with Crippen LogP contribution in [0.2, 0.25) is 0 Å². The second-order valence-electron chi connectivity index (χ2n) is 6.54. The summed E-state index contributed by atoms with van der Waals surface area (Å²) in [6.45, 7) is 9.34. The molecule has 2 atom stereocenters. The zero-order valence-corrected chi connectivity index (χ0v) is 13.9. The number of piperidine rings is 1. The highest BCUT2D eigenvalue weighted by Gasteiger charge is 2.30. The topological polar surface area (TPSA) is 67.4 Å². The summed E-state index contributed by atoms with van der Waals surface area (Å²) in [5, 5.41) is 8.21. The lowest BCUT2D eigenvalue weighted by Gasteiger charge is -2.36. The first-order valence-electron chi connectivity index (χ1n) is 7.37. The standard InChI is InChI=1S/C14H24N4O2S/c1-10(16-12-8-15-17-21-12)11-6-5-7-18(9-11)13(19)20-14(2,3)4/h8,10-11,16H,5-7,9H2,1-4H3. The predicted octanol–water partition coefficient (Wildman–Crippen LogP) is 2.99. The van der Waals surface area contributed by atoms with E-state index in [4.69, 9.17) is 4.74 Å². The van der Waals surface area contributed by atoms with Gasteiger partial charge in [-0.15, -0.1) is 5.10 Å². The summed E-state index contributed by atoms with van der Waals surface area (Å²) in [5.41, 5.74) is -0.442. The van der Waals surface area contributed by atoms with Crippen molar-refractivity contribution in [1.82, 2.24) is 14.5 Å². The first-order valence-corrected chi connectivity index (χ1v) is 8.14. The number of nitrogens with one attached hydrogen (secondary N) is 1. The maximum Gasteiger partial charge on any atom is 0.410 e. The summed E-state index contributed by atoms with van der Waals surface area (Å²) in [7, 11) is 0. The normalized spacial score (nSPS) is 21.0. The van der Waals surface area contributed by atoms with Crippen LogP contribution < -0.4 is 5.32 Å². The van der Waals surface area contributed by atoms with E-state index in [0.717, 1.165) is 30.9 Å². The third-order valence-electron chi connectivity index (χ3n) is 3.55. The molecule has 1 N–H and O–H groups in total. The van der Waals surface area contributed by atoms with Crippen LogP contribution in [-0.2, 0) is 4.74 Å². The highest BCUT2D eigenvalue weighted by atomic mass is 32.1. The number of ether oxygens (including phenoxy) is 1. The molecule has 0 aliphatic carbocycles. The summed E-state index contributed by atoms with van der Waals surface area (Å²) in [5.74, 6) is 0.411. The fourth-order valence-electron chi connectivity index (χ4n) is 2.48. The maximum atomic E-state index is 12.2. The van der Waals surface area contributed by atoms with Crippen LogP contribution in [0.25, 0.3) is 0 Å². The van der Waals surface area contributed by atoms with Crippen LogP contribution in [-0.4, -0.2) is 45.3 Å². The van der Waals surface area contributed by atoms with Crippen molar-refractivity contribution >= 4 is 22.6 Å². The van der Waals surface area contributed by atoms with E-state index in [2.05, 4.69) is 21.8 Å². The minimum Gasteiger partial charge on any atom is -0.444 e. The van der Waals surface area contributed by atoms with Gasteiger partial charge >= 0.3 is 6.09 Å². The van der Waals surface area contributed by atoms with Crippen molar-refractivity contribution in [2.75, 3.05) is 18.4 Å². The Balaban J connectivity index is 1.89. The number of hydrogen-bond donors (Lipinski definition) is 1. The average Bonchev–Trinajstić information content (AvgIpc) is 2.90. The summed E-state index contributed by atoms with van der Waals surface area (Å²) < 4.78 is 9.31. The Morgan fingerprint density at radius 2 is 2.33 bits per heavy atom. The molecule has 21 heavy (non-hydrogen) atoms. The lowest BCUT2D eigenvalue weighted by molar-refractivity contribution is 0.0159. The average molecular weight is 312 g/mol. The van der Waals surface area contributed by atoms with Gasteiger partial charge < -0.3 is 15.0 Å². The Morgan fingerprint density at radius 3 is 2.95 bits per heavy atom. The SMILES string of the molecule is CC(Nc1cnns1)C1CCCN(C(=O)OC(C)(C)C)C1. The molecule has 0 spiro atoms. The Labute approximate surface area is 130 Å². The molecular weight excluding hydrogens is 288 g/mol. The molecular formula is C14H24N4O2S. The van der Waals surface area contributed by atoms with E-state index in [-0.39, 0.29) is 12.1 Å². The van der Waals surface area contributed by atoms with Gasteiger partial charge in [0, 0.05) is 30.7 Å². The number of carbonyl (C=O) groups is 1. The van der Waals surface area contributed by atoms with Crippen molar-refractivity contribution in [2.45, 2.75) is 52.2 Å². The van der Waals surface area contributed by atoms with Crippen molar-refractivity contribution < 1.29 is 9.53 Å². The number of aromatic nitrogens is 2. The van der Waals surface area contributed by atoms with Gasteiger partial charge in [0.25, 0.3) is 0 Å². The van der Waals surface area contributed by atoms with E-state index >= 15 is 0 Å². The minimum absolute atomic E-state index is 0.209. The van der Waals surface area contributed by atoms with E-state index in [1.807, 2.05) is 25.7 Å². The van der Waals surface area contributed by atoms with Crippen LogP contribution in [0, 0.1) is 5.92 Å². The second-order valence-corrected chi connectivity index (χ2v) is 7.33. The van der Waals surface area contributed by atoms with Crippen molar-refractivity contribution in [3.8, 4) is 0 Å². The molecule has 6 nitrogen and oxygen atoms in total. The molecule has 7 heteroatoms. The Kier molecular flexibility index (Phi) is 5.03. The number of nitrogens with zero attached hydrogens (tertiary/aromatic N) is 3. The smallest absolute Gasteiger partial charge is 0.410 e. The van der Waals surface area contributed by atoms with Crippen molar-refractivity contribution in [3.63, 3.8) is 0 Å². The summed E-state index contributed by atoms with van der Waals surface area (Å²) >= 11 is 1.35. The number of hydrogen-bond acceptors (Lipinski definition) is 6. The zero-order valence-electron chi connectivity index (χ0n) is 13.1. The predicted molar refractivity (Wildman–Crippen MR) is 83.5 cm³/mol. The van der Waals surface area contributed by atoms with Gasteiger partial charge in [-0.3, -0.25) is 0 Å². The molecule has 1 saturated heterocycles. The number of likely N-dealkylation sites (tertiary alicyclic amines) is 1. The van der Waals surface area contributed by atoms with E-state index in [1.165, 1.54) is 11.5 Å². The monoisotopic (exact) mass is 312 g/mol. The number of rotatable bonds is 3. The molecule has 0 saturated carbocycles. The van der Waals surface area contributed by atoms with Gasteiger partial charge in [0.05, 0.1) is 6.20 Å². The lowest BCUT2D eigenvalue weighted by atomic mass is 9.92. The Morgan fingerprint density at radius 1 is 1.57 bits per heavy atom. The van der Waals surface area contributed by atoms with Gasteiger partial charge in [0.2, 0.25) is 0 Å². The molecule has 1 aliphatic rings. The lowest BCUT2D eigenvalue weighted by Crippen LogP contribution is -2.46. The van der Waals surface area contributed by atoms with Crippen LogP contribution in [0.5, 0.6) is 0 Å². The van der Waals surface area contributed by atoms with E-state index in [9.17, 15) is 4.79 Å². The molecule has 0 radical (unpaired) electrons. The van der Waals surface area contributed by atoms with E-state index in [1.54, 1.807) is 6.20 Å². The molecule has 1 aliphatic heterocycles. The number of amides is 1. The van der Waals surface area contributed by atoms with Gasteiger partial charge in [0.1, 0.15) is 10.6 Å². The van der Waals surface area contributed by atoms with Crippen LogP contribution in [0.4, 0.5) is 9.80 Å². The first kappa shape index (κ1) is 16.0. The second kappa shape index (κ2) is 6.60. The Bertz CT molecular complexity index is 458. The molecule has 1 amide bonds. The fourth-order valence-corrected chi connectivity index (χ4v) is 3.00. The first-order chi connectivity index (χ1) is 9.85. The van der Waals surface area contributed by atoms with Gasteiger partial charge in [-0.25, -0.2) is 4.79 Å². The molecule has 1 fully saturated rings. The molecule has 1 aromatic heterocycles. The van der Waals surface area contributed by atoms with Gasteiger partial charge in [-0.05, 0) is 46.5 Å². The third kappa shape index (κ3) is 4.84. The van der Waals surface area contributed by atoms with E-state index in [0.29, 0.717) is 5.92 Å². The molecule has 2 heterocycles. The molecule has 118 valence electrons. The van der Waals surface area contributed by atoms with Crippen LogP contribution in [0.1, 0.15) is 40.5 Å². The molecule has 1 aromatic rings. The molecule has 0 aromatic carbocycles. The van der Waals surface area contributed by atoms with Crippen molar-refractivity contribution in [2.24, 2.45) is 5.92 Å². The highest BCUT2D eigenvalue weighted by molar-refractivity contribution is 7.09. The van der Waals surface area contributed by atoms with Gasteiger partial charge in [-0.2, -0.15) is 0 Å². The van der Waals surface area contributed by atoms with Gasteiger partial charge in [-0.1, -0.05) is 4.49 Å². The summed E-state index contributed by atoms with van der Waals surface area (Å²) in [6.07, 6.45) is 3.64. The quantitative estimate of drug-likeness (QED) is 0.929. The highest BCUT2D eigenvalue weighted by Crippen LogP contribution is 2.24. The largest absolute Gasteiger partial charge is 0.444 e. The number of anilines is 1. The summed E-state index contributed by atoms with van der Waals surface area (Å²) in [6, 6.07) is 0.275. The zero-order chi connectivity index (χ0) is 15.5. The fraction of sp³-hybridized carbons (Fsp3) is 0.786. The minimum atomic E-state index is -0.442. The molecule has 2 unspecified atom stereocenters. The maximum absolute atomic E-state index is 12.2. The molecule has 2 rings (SSSR count). The van der Waals surface area contributed by atoms with Crippen molar-refractivity contribution in [3.05, 3.63) is 6.20 Å². The van der Waals surface area contributed by atoms with Crippen LogP contribution in [0.3, 0.4) is 0 Å². The van der Waals surface area contributed by atoms with Crippen molar-refractivity contribution in [1.29, 1.82) is 0 Å².